The smallest absolute Gasteiger partial charge is 0.258 e. The molecule has 1 fully saturated rings. The normalized spacial score (nSPS) is 22.9. The Labute approximate surface area is 122 Å². The zero-order valence-electron chi connectivity index (χ0n) is 11.9. The molecule has 1 aromatic carbocycles. The van der Waals surface area contributed by atoms with Gasteiger partial charge in [-0.25, -0.2) is 0 Å². The molecular formula is C14H19NO6. The quantitative estimate of drug-likeness (QED) is 0.533. The molecule has 116 valence electrons. The fourth-order valence-electron chi connectivity index (χ4n) is 2.32. The third-order valence-electron chi connectivity index (χ3n) is 3.39. The summed E-state index contributed by atoms with van der Waals surface area (Å²) < 4.78 is 15.1. The van der Waals surface area contributed by atoms with Gasteiger partial charge >= 0.3 is 0 Å². The van der Waals surface area contributed by atoms with Gasteiger partial charge in [0.05, 0.1) is 13.7 Å². The van der Waals surface area contributed by atoms with E-state index in [4.69, 9.17) is 19.3 Å². The van der Waals surface area contributed by atoms with Crippen LogP contribution in [0.2, 0.25) is 0 Å². The second kappa shape index (κ2) is 6.86. The maximum Gasteiger partial charge on any atom is 0.258 e. The Balaban J connectivity index is 2.18. The van der Waals surface area contributed by atoms with E-state index < -0.39 is 24.9 Å². The number of carbonyl (C=O) groups excluding carboxylic acids is 1. The van der Waals surface area contributed by atoms with Crippen molar-refractivity contribution < 1.29 is 29.2 Å². The number of hydrogen-bond donors (Lipinski definition) is 2. The van der Waals surface area contributed by atoms with Gasteiger partial charge in [-0.1, -0.05) is 0 Å². The van der Waals surface area contributed by atoms with Crippen molar-refractivity contribution in [2.24, 2.45) is 0 Å². The van der Waals surface area contributed by atoms with Gasteiger partial charge in [-0.15, -0.1) is 0 Å². The van der Waals surface area contributed by atoms with Crippen molar-refractivity contribution in [2.75, 3.05) is 32.5 Å². The van der Waals surface area contributed by atoms with Crippen molar-refractivity contribution in [1.29, 1.82) is 0 Å². The monoisotopic (exact) mass is 297 g/mol. The van der Waals surface area contributed by atoms with Gasteiger partial charge in [-0.3, -0.25) is 4.79 Å². The Bertz CT molecular complexity index is 477. The second-order valence-electron chi connectivity index (χ2n) is 4.64. The molecule has 1 heterocycles. The highest BCUT2D eigenvalue weighted by Gasteiger charge is 2.52. The number of amides is 1. The number of β-lactam (4-membered cyclic amide) rings is 1. The van der Waals surface area contributed by atoms with Crippen LogP contribution in [-0.2, 0) is 14.3 Å². The lowest BCUT2D eigenvalue weighted by Gasteiger charge is -2.48. The Kier molecular flexibility index (Phi) is 5.13. The van der Waals surface area contributed by atoms with Gasteiger partial charge in [-0.2, -0.15) is 0 Å². The number of aliphatic hydroxyl groups excluding tert-OH is 2. The fourth-order valence-corrected chi connectivity index (χ4v) is 2.32. The Hall–Kier alpha value is -1.67. The average molecular weight is 297 g/mol. The van der Waals surface area contributed by atoms with E-state index in [1.165, 1.54) is 12.0 Å². The molecule has 3 unspecified atom stereocenters. The van der Waals surface area contributed by atoms with Crippen LogP contribution in [0.25, 0.3) is 0 Å². The number of nitrogens with zero attached hydrogens (tertiary/aromatic N) is 1. The molecule has 1 aliphatic heterocycles. The van der Waals surface area contributed by atoms with E-state index >= 15 is 0 Å². The van der Waals surface area contributed by atoms with Crippen molar-refractivity contribution in [3.63, 3.8) is 0 Å². The van der Waals surface area contributed by atoms with Gasteiger partial charge in [0, 0.05) is 12.8 Å². The molecule has 1 aromatic rings. The maximum atomic E-state index is 12.2. The van der Waals surface area contributed by atoms with E-state index in [1.807, 2.05) is 0 Å². The number of carbonyl (C=O) groups is 1. The first-order chi connectivity index (χ1) is 10.1. The number of hydrogen-bond acceptors (Lipinski definition) is 6. The van der Waals surface area contributed by atoms with Crippen LogP contribution in [0.15, 0.2) is 24.3 Å². The molecule has 1 aliphatic rings. The van der Waals surface area contributed by atoms with Gasteiger partial charge in [0.15, 0.2) is 6.10 Å². The van der Waals surface area contributed by atoms with Crippen molar-refractivity contribution in [2.45, 2.75) is 18.2 Å². The molecule has 2 N–H and O–H groups in total. The van der Waals surface area contributed by atoms with Gasteiger partial charge in [-0.05, 0) is 24.3 Å². The Morgan fingerprint density at radius 3 is 2.48 bits per heavy atom. The molecule has 3 atom stereocenters. The highest BCUT2D eigenvalue weighted by molar-refractivity contribution is 6.05. The van der Waals surface area contributed by atoms with E-state index in [0.29, 0.717) is 11.4 Å². The molecule has 0 spiro atoms. The third-order valence-corrected chi connectivity index (χ3v) is 3.39. The Morgan fingerprint density at radius 1 is 1.29 bits per heavy atom. The molecule has 7 nitrogen and oxygen atoms in total. The lowest BCUT2D eigenvalue weighted by Crippen LogP contribution is -2.71. The van der Waals surface area contributed by atoms with Crippen LogP contribution in [-0.4, -0.2) is 62.0 Å². The largest absolute Gasteiger partial charge is 0.497 e. The lowest BCUT2D eigenvalue weighted by atomic mass is 9.91. The SMILES string of the molecule is COCOC1C(=O)N(c2ccc(OC)cc2)C1C(O)CO. The van der Waals surface area contributed by atoms with Crippen LogP contribution >= 0.6 is 0 Å². The Morgan fingerprint density at radius 2 is 1.95 bits per heavy atom. The zero-order valence-corrected chi connectivity index (χ0v) is 11.9. The minimum atomic E-state index is -1.09. The van der Waals surface area contributed by atoms with Crippen LogP contribution in [0.1, 0.15) is 0 Å². The summed E-state index contributed by atoms with van der Waals surface area (Å²) in [5.41, 5.74) is 0.607. The van der Waals surface area contributed by atoms with E-state index in [0.717, 1.165) is 0 Å². The van der Waals surface area contributed by atoms with Crippen LogP contribution in [0.4, 0.5) is 5.69 Å². The summed E-state index contributed by atoms with van der Waals surface area (Å²) in [6, 6.07) is 6.20. The minimum absolute atomic E-state index is 0.0541. The maximum absolute atomic E-state index is 12.2. The van der Waals surface area contributed by atoms with E-state index in [2.05, 4.69) is 0 Å². The number of rotatable bonds is 7. The molecule has 7 heteroatoms. The number of methoxy groups -OCH3 is 2. The average Bonchev–Trinajstić information content (AvgIpc) is 2.52. The first-order valence-electron chi connectivity index (χ1n) is 6.50. The molecule has 0 bridgehead atoms. The van der Waals surface area contributed by atoms with E-state index in [1.54, 1.807) is 31.4 Å². The molecule has 0 radical (unpaired) electrons. The van der Waals surface area contributed by atoms with Crippen LogP contribution < -0.4 is 9.64 Å². The first-order valence-corrected chi connectivity index (χ1v) is 6.50. The number of benzene rings is 1. The highest BCUT2D eigenvalue weighted by Crippen LogP contribution is 2.33. The topological polar surface area (TPSA) is 88.5 Å². The highest BCUT2D eigenvalue weighted by atomic mass is 16.7. The van der Waals surface area contributed by atoms with Gasteiger partial charge in [0.1, 0.15) is 24.7 Å². The van der Waals surface area contributed by atoms with Crippen molar-refractivity contribution in [3.8, 4) is 5.75 Å². The molecule has 1 saturated heterocycles. The summed E-state index contributed by atoms with van der Waals surface area (Å²) in [5, 5.41) is 19.1. The second-order valence-corrected chi connectivity index (χ2v) is 4.64. The van der Waals surface area contributed by atoms with Gasteiger partial charge in [0.2, 0.25) is 0 Å². The molecule has 0 aliphatic carbocycles. The van der Waals surface area contributed by atoms with Crippen molar-refractivity contribution >= 4 is 11.6 Å². The predicted molar refractivity (Wildman–Crippen MR) is 74.1 cm³/mol. The standard InChI is InChI=1S/C14H19NO6/c1-19-8-21-13-12(11(17)7-16)15(14(13)18)9-3-5-10(20-2)6-4-9/h3-6,11-13,16-17H,7-8H2,1-2H3. The van der Waals surface area contributed by atoms with E-state index in [9.17, 15) is 9.90 Å². The van der Waals surface area contributed by atoms with E-state index in [-0.39, 0.29) is 12.7 Å². The lowest BCUT2D eigenvalue weighted by molar-refractivity contribution is -0.161. The summed E-state index contributed by atoms with van der Waals surface area (Å²) in [5.74, 6) is 0.382. The summed E-state index contributed by atoms with van der Waals surface area (Å²) >= 11 is 0. The third kappa shape index (κ3) is 3.01. The summed E-state index contributed by atoms with van der Waals surface area (Å²) in [4.78, 5) is 13.6. The number of ether oxygens (including phenoxy) is 3. The van der Waals surface area contributed by atoms with Crippen LogP contribution in [0.5, 0.6) is 5.75 Å². The first kappa shape index (κ1) is 15.7. The summed E-state index contributed by atoms with van der Waals surface area (Å²) in [6.07, 6.45) is -1.92. The summed E-state index contributed by atoms with van der Waals surface area (Å²) in [7, 11) is 3.00. The molecule has 21 heavy (non-hydrogen) atoms. The molecule has 2 rings (SSSR count). The van der Waals surface area contributed by atoms with Crippen LogP contribution in [0.3, 0.4) is 0 Å². The molecular weight excluding hydrogens is 278 g/mol. The molecule has 1 amide bonds. The fraction of sp³-hybridized carbons (Fsp3) is 0.500. The number of aliphatic hydroxyl groups is 2. The molecule has 0 aromatic heterocycles. The van der Waals surface area contributed by atoms with Crippen molar-refractivity contribution in [3.05, 3.63) is 24.3 Å². The van der Waals surface area contributed by atoms with Crippen LogP contribution in [0, 0.1) is 0 Å². The summed E-state index contributed by atoms with van der Waals surface area (Å²) in [6.45, 7) is -0.515. The van der Waals surface area contributed by atoms with Gasteiger partial charge in [0.25, 0.3) is 5.91 Å². The molecule has 0 saturated carbocycles. The number of anilines is 1. The van der Waals surface area contributed by atoms with Crippen molar-refractivity contribution in [1.82, 2.24) is 0 Å². The predicted octanol–water partition coefficient (Wildman–Crippen LogP) is -0.247. The zero-order chi connectivity index (χ0) is 15.4. The van der Waals surface area contributed by atoms with Gasteiger partial charge < -0.3 is 29.3 Å². The minimum Gasteiger partial charge on any atom is -0.497 e.